The molecule has 1 unspecified atom stereocenters. The minimum absolute atomic E-state index is 0.248. The molecule has 2 heterocycles. The number of imidazole rings is 1. The average molecular weight is 369 g/mol. The first-order valence-corrected chi connectivity index (χ1v) is 9.43. The second-order valence-electron chi connectivity index (χ2n) is 6.72. The van der Waals surface area contributed by atoms with Crippen LogP contribution in [0.2, 0.25) is 0 Å². The van der Waals surface area contributed by atoms with Crippen LogP contribution >= 0.6 is 0 Å². The van der Waals surface area contributed by atoms with Crippen LogP contribution in [0.4, 0.5) is 0 Å². The summed E-state index contributed by atoms with van der Waals surface area (Å²) in [4.78, 5) is 4.07. The van der Waals surface area contributed by atoms with Gasteiger partial charge in [0.2, 0.25) is 0 Å². The van der Waals surface area contributed by atoms with Gasteiger partial charge in [0.05, 0.1) is 12.4 Å². The zero-order chi connectivity index (χ0) is 19.1. The summed E-state index contributed by atoms with van der Waals surface area (Å²) in [6, 6.07) is 5.35. The highest BCUT2D eigenvalue weighted by molar-refractivity contribution is 5.40. The maximum absolute atomic E-state index is 10.4. The van der Waals surface area contributed by atoms with E-state index in [9.17, 15) is 5.11 Å². The lowest BCUT2D eigenvalue weighted by Crippen LogP contribution is -2.27. The van der Waals surface area contributed by atoms with Gasteiger partial charge in [-0.25, -0.2) is 9.67 Å². The molecule has 3 rings (SSSR count). The quantitative estimate of drug-likeness (QED) is 0.533. The molecule has 0 aliphatic carbocycles. The molecule has 8 heteroatoms. The van der Waals surface area contributed by atoms with Crippen LogP contribution in [0.15, 0.2) is 36.9 Å². The number of phenolic OH excluding ortho intramolecular Hbond substituents is 1. The van der Waals surface area contributed by atoms with Gasteiger partial charge in [0.1, 0.15) is 5.75 Å². The summed E-state index contributed by atoms with van der Waals surface area (Å²) in [5, 5.41) is 26.2. The molecule has 0 aliphatic heterocycles. The first-order valence-electron chi connectivity index (χ1n) is 9.43. The van der Waals surface area contributed by atoms with E-state index in [0.29, 0.717) is 0 Å². The summed E-state index contributed by atoms with van der Waals surface area (Å²) >= 11 is 0. The van der Waals surface area contributed by atoms with E-state index in [0.717, 1.165) is 55.8 Å². The topological polar surface area (TPSA) is 93.7 Å². The third-order valence-electron chi connectivity index (χ3n) is 4.54. The maximum Gasteiger partial charge on any atom is 0.172 e. The van der Waals surface area contributed by atoms with Crippen molar-refractivity contribution in [3.8, 4) is 5.75 Å². The van der Waals surface area contributed by atoms with Crippen LogP contribution in [0, 0.1) is 6.92 Å². The van der Waals surface area contributed by atoms with Gasteiger partial charge < -0.3 is 15.0 Å². The molecule has 27 heavy (non-hydrogen) atoms. The molecule has 0 fully saturated rings. The Bertz CT molecular complexity index is 828. The number of nitrogens with one attached hydrogen (secondary N) is 1. The minimum Gasteiger partial charge on any atom is -0.508 e. The predicted octanol–water partition coefficient (Wildman–Crippen LogP) is 2.45. The van der Waals surface area contributed by atoms with Crippen LogP contribution in [-0.2, 0) is 13.1 Å². The van der Waals surface area contributed by atoms with Gasteiger partial charge in [0.15, 0.2) is 5.82 Å². The average Bonchev–Trinajstić information content (AvgIpc) is 3.34. The lowest BCUT2D eigenvalue weighted by molar-refractivity contribution is 0.439. The van der Waals surface area contributed by atoms with Gasteiger partial charge in [-0.1, -0.05) is 31.0 Å². The van der Waals surface area contributed by atoms with E-state index in [1.54, 1.807) is 12.3 Å². The van der Waals surface area contributed by atoms with E-state index in [4.69, 9.17) is 0 Å². The van der Waals surface area contributed by atoms with Crippen LogP contribution in [0.25, 0.3) is 0 Å². The van der Waals surface area contributed by atoms with Crippen molar-refractivity contribution >= 4 is 0 Å². The first kappa shape index (κ1) is 19.0. The van der Waals surface area contributed by atoms with E-state index in [1.807, 2.05) is 40.8 Å². The van der Waals surface area contributed by atoms with Gasteiger partial charge >= 0.3 is 0 Å². The van der Waals surface area contributed by atoms with Crippen molar-refractivity contribution in [2.24, 2.45) is 0 Å². The van der Waals surface area contributed by atoms with E-state index in [-0.39, 0.29) is 11.8 Å². The molecule has 0 amide bonds. The van der Waals surface area contributed by atoms with Gasteiger partial charge in [0, 0.05) is 31.0 Å². The molecule has 0 saturated carbocycles. The molecular weight excluding hydrogens is 342 g/mol. The van der Waals surface area contributed by atoms with Crippen molar-refractivity contribution in [2.45, 2.75) is 52.2 Å². The summed E-state index contributed by atoms with van der Waals surface area (Å²) in [6.45, 7) is 6.55. The molecule has 1 aromatic carbocycles. The third kappa shape index (κ3) is 4.91. The number of aryl methyl sites for hydroxylation is 3. The summed E-state index contributed by atoms with van der Waals surface area (Å²) in [7, 11) is 0. The van der Waals surface area contributed by atoms with E-state index < -0.39 is 0 Å². The van der Waals surface area contributed by atoms with Gasteiger partial charge in [-0.3, -0.25) is 0 Å². The Kier molecular flexibility index (Phi) is 6.54. The maximum atomic E-state index is 10.4. The Morgan fingerprint density at radius 1 is 1.22 bits per heavy atom. The molecule has 0 radical (unpaired) electrons. The Hall–Kier alpha value is -2.74. The molecular formula is C19H27N7O. The highest BCUT2D eigenvalue weighted by Crippen LogP contribution is 2.29. The zero-order valence-corrected chi connectivity index (χ0v) is 15.9. The van der Waals surface area contributed by atoms with Crippen LogP contribution < -0.4 is 5.32 Å². The van der Waals surface area contributed by atoms with Crippen molar-refractivity contribution in [2.75, 3.05) is 6.54 Å². The number of nitrogens with zero attached hydrogens (tertiary/aromatic N) is 6. The summed E-state index contributed by atoms with van der Waals surface area (Å²) in [6.07, 6.45) is 8.55. The Balaban J connectivity index is 1.78. The molecule has 8 nitrogen and oxygen atoms in total. The molecule has 0 bridgehead atoms. The number of tetrazole rings is 1. The van der Waals surface area contributed by atoms with Gasteiger partial charge in [-0.2, -0.15) is 0 Å². The molecule has 3 aromatic rings. The van der Waals surface area contributed by atoms with E-state index in [2.05, 4.69) is 32.7 Å². The lowest BCUT2D eigenvalue weighted by atomic mass is 10.0. The molecule has 0 spiro atoms. The summed E-state index contributed by atoms with van der Waals surface area (Å²) in [5.74, 6) is 0.977. The summed E-state index contributed by atoms with van der Waals surface area (Å²) < 4.78 is 3.88. The number of aromatic hydroxyl groups is 1. The van der Waals surface area contributed by atoms with Crippen LogP contribution in [0.1, 0.15) is 49.2 Å². The molecule has 1 atom stereocenters. The molecule has 144 valence electrons. The standard InChI is InChI=1S/C19H27N7O/c1-3-4-11-26-19(22-23-24-26)18(16-13-15(2)6-7-17(16)27)21-8-5-10-25-12-9-20-14-25/h6-7,9,12-14,18,21,27H,3-5,8,10-11H2,1-2H3. The van der Waals surface area contributed by atoms with Crippen LogP contribution in [0.3, 0.4) is 0 Å². The minimum atomic E-state index is -0.264. The van der Waals surface area contributed by atoms with E-state index >= 15 is 0 Å². The highest BCUT2D eigenvalue weighted by Gasteiger charge is 2.23. The first-order chi connectivity index (χ1) is 13.2. The Morgan fingerprint density at radius 3 is 2.89 bits per heavy atom. The van der Waals surface area contributed by atoms with Gasteiger partial charge in [0.25, 0.3) is 0 Å². The van der Waals surface area contributed by atoms with Crippen molar-refractivity contribution in [3.05, 3.63) is 53.9 Å². The van der Waals surface area contributed by atoms with Crippen molar-refractivity contribution in [1.29, 1.82) is 0 Å². The number of benzene rings is 1. The normalized spacial score (nSPS) is 12.4. The lowest BCUT2D eigenvalue weighted by Gasteiger charge is -2.20. The SMILES string of the molecule is CCCCn1nnnc1C(NCCCn1ccnc1)c1cc(C)ccc1O. The van der Waals surface area contributed by atoms with Crippen molar-refractivity contribution < 1.29 is 5.11 Å². The monoisotopic (exact) mass is 369 g/mol. The molecule has 0 saturated heterocycles. The number of hydrogen-bond donors (Lipinski definition) is 2. The van der Waals surface area contributed by atoms with Gasteiger partial charge in [-0.05, 0) is 42.8 Å². The summed E-state index contributed by atoms with van der Waals surface area (Å²) in [5.41, 5.74) is 1.88. The van der Waals surface area contributed by atoms with Crippen LogP contribution in [0.5, 0.6) is 5.75 Å². The smallest absolute Gasteiger partial charge is 0.172 e. The largest absolute Gasteiger partial charge is 0.508 e. The molecule has 2 N–H and O–H groups in total. The number of hydrogen-bond acceptors (Lipinski definition) is 6. The second kappa shape index (κ2) is 9.27. The van der Waals surface area contributed by atoms with E-state index in [1.165, 1.54) is 0 Å². The predicted molar refractivity (Wildman–Crippen MR) is 102 cm³/mol. The fourth-order valence-electron chi connectivity index (χ4n) is 3.06. The Morgan fingerprint density at radius 2 is 2.11 bits per heavy atom. The second-order valence-corrected chi connectivity index (χ2v) is 6.72. The van der Waals surface area contributed by atoms with Crippen molar-refractivity contribution in [3.63, 3.8) is 0 Å². The number of rotatable bonds is 10. The number of aromatic nitrogens is 6. The number of unbranched alkanes of at least 4 members (excludes halogenated alkanes) is 1. The number of phenols is 1. The fourth-order valence-corrected chi connectivity index (χ4v) is 3.06. The fraction of sp³-hybridized carbons (Fsp3) is 0.474. The molecule has 2 aromatic heterocycles. The molecule has 0 aliphatic rings. The van der Waals surface area contributed by atoms with Crippen LogP contribution in [-0.4, -0.2) is 41.4 Å². The third-order valence-corrected chi connectivity index (χ3v) is 4.54. The highest BCUT2D eigenvalue weighted by atomic mass is 16.3. The Labute approximate surface area is 159 Å². The zero-order valence-electron chi connectivity index (χ0n) is 15.9. The van der Waals surface area contributed by atoms with Gasteiger partial charge in [-0.15, -0.1) is 5.10 Å². The van der Waals surface area contributed by atoms with Crippen molar-refractivity contribution in [1.82, 2.24) is 35.1 Å².